The van der Waals surface area contributed by atoms with Crippen LogP contribution in [0.5, 0.6) is 5.75 Å². The molecule has 0 amide bonds. The van der Waals surface area contributed by atoms with Gasteiger partial charge >= 0.3 is 0 Å². The fourth-order valence-corrected chi connectivity index (χ4v) is 5.48. The molecule has 41 heavy (non-hydrogen) atoms. The van der Waals surface area contributed by atoms with Gasteiger partial charge in [-0.25, -0.2) is 28.1 Å². The first-order valence-electron chi connectivity index (χ1n) is 12.7. The molecule has 0 fully saturated rings. The second kappa shape index (κ2) is 12.7. The lowest BCUT2D eigenvalue weighted by Gasteiger charge is -2.09. The second-order valence-corrected chi connectivity index (χ2v) is 11.5. The normalized spacial score (nSPS) is 11.4. The molecule has 5 rings (SSSR count). The molecule has 0 aliphatic carbocycles. The molecule has 0 unspecified atom stereocenters. The number of nitrogens with zero attached hydrogens (tertiary/aromatic N) is 3. The van der Waals surface area contributed by atoms with Gasteiger partial charge in [-0.15, -0.1) is 0 Å². The van der Waals surface area contributed by atoms with E-state index in [-0.39, 0.29) is 11.4 Å². The van der Waals surface area contributed by atoms with Crippen molar-refractivity contribution in [3.05, 3.63) is 95.1 Å². The van der Waals surface area contributed by atoms with E-state index in [1.165, 1.54) is 12.1 Å². The van der Waals surface area contributed by atoms with Crippen LogP contribution in [0.4, 0.5) is 5.95 Å². The number of anilines is 1. The Hall–Kier alpha value is -3.96. The van der Waals surface area contributed by atoms with E-state index in [2.05, 4.69) is 20.0 Å². The Balaban J connectivity index is 1.33. The van der Waals surface area contributed by atoms with E-state index in [1.807, 2.05) is 42.5 Å². The lowest BCUT2D eigenvalue weighted by Crippen LogP contribution is -2.26. The summed E-state index contributed by atoms with van der Waals surface area (Å²) in [5.41, 5.74) is 3.74. The van der Waals surface area contributed by atoms with Crippen LogP contribution >= 0.6 is 23.2 Å². The number of H-pyrrole nitrogens is 1. The Bertz CT molecular complexity index is 1750. The molecule has 0 radical (unpaired) electrons. The van der Waals surface area contributed by atoms with Crippen LogP contribution < -0.4 is 14.8 Å². The zero-order valence-electron chi connectivity index (χ0n) is 21.9. The molecule has 0 aliphatic heterocycles. The lowest BCUT2D eigenvalue weighted by atomic mass is 10.1. The van der Waals surface area contributed by atoms with E-state index >= 15 is 0 Å². The summed E-state index contributed by atoms with van der Waals surface area (Å²) in [5, 5.41) is 4.14. The van der Waals surface area contributed by atoms with Gasteiger partial charge < -0.3 is 15.0 Å². The summed E-state index contributed by atoms with van der Waals surface area (Å²) in [5.74, 6) is 1.63. The summed E-state index contributed by atoms with van der Waals surface area (Å²) in [6.45, 7) is 0.688. The topological polar surface area (TPSA) is 122 Å². The molecular weight excluding hydrogens is 583 g/mol. The van der Waals surface area contributed by atoms with Gasteiger partial charge in [0.1, 0.15) is 11.6 Å². The molecule has 0 saturated carbocycles. The van der Waals surface area contributed by atoms with Crippen molar-refractivity contribution < 1.29 is 13.2 Å². The molecule has 0 bridgehead atoms. The molecule has 5 aromatic rings. The van der Waals surface area contributed by atoms with Crippen molar-refractivity contribution in [2.24, 2.45) is 0 Å². The highest BCUT2D eigenvalue weighted by Gasteiger charge is 2.18. The molecule has 3 aromatic carbocycles. The minimum absolute atomic E-state index is 0.162. The number of benzene rings is 3. The van der Waals surface area contributed by atoms with Crippen molar-refractivity contribution in [1.29, 1.82) is 0 Å². The summed E-state index contributed by atoms with van der Waals surface area (Å²) in [6, 6.07) is 23.1. The molecule has 9 nitrogen and oxygen atoms in total. The Morgan fingerprint density at radius 2 is 1.68 bits per heavy atom. The molecule has 0 saturated heterocycles. The van der Waals surface area contributed by atoms with E-state index in [0.29, 0.717) is 57.6 Å². The van der Waals surface area contributed by atoms with E-state index < -0.39 is 10.0 Å². The van der Waals surface area contributed by atoms with Gasteiger partial charge in [-0.1, -0.05) is 59.6 Å². The highest BCUT2D eigenvalue weighted by atomic mass is 35.5. The van der Waals surface area contributed by atoms with Gasteiger partial charge in [-0.3, -0.25) is 0 Å². The third-order valence-electron chi connectivity index (χ3n) is 6.14. The second-order valence-electron chi connectivity index (χ2n) is 8.92. The number of hydrogen-bond donors (Lipinski definition) is 3. The first kappa shape index (κ1) is 28.6. The first-order chi connectivity index (χ1) is 19.8. The maximum absolute atomic E-state index is 12.5. The Labute approximate surface area is 248 Å². The molecule has 210 valence electrons. The summed E-state index contributed by atoms with van der Waals surface area (Å²) in [7, 11) is -2.05. The van der Waals surface area contributed by atoms with Crippen molar-refractivity contribution in [2.75, 3.05) is 25.5 Å². The van der Waals surface area contributed by atoms with Gasteiger partial charge in [0.25, 0.3) is 0 Å². The van der Waals surface area contributed by atoms with Crippen LogP contribution in [-0.2, 0) is 10.0 Å². The van der Waals surface area contributed by atoms with Gasteiger partial charge in [-0.2, -0.15) is 0 Å². The molecule has 0 spiro atoms. The quantitative estimate of drug-likeness (QED) is 0.150. The average Bonchev–Trinajstić information content (AvgIpc) is 3.44. The van der Waals surface area contributed by atoms with Crippen molar-refractivity contribution in [1.82, 2.24) is 24.7 Å². The van der Waals surface area contributed by atoms with Crippen LogP contribution in [0.15, 0.2) is 90.0 Å². The molecule has 0 atom stereocenters. The summed E-state index contributed by atoms with van der Waals surface area (Å²) >= 11 is 12.1. The molecule has 12 heteroatoms. The Morgan fingerprint density at radius 3 is 2.44 bits per heavy atom. The minimum Gasteiger partial charge on any atom is -0.495 e. The Kier molecular flexibility index (Phi) is 8.84. The van der Waals surface area contributed by atoms with Crippen LogP contribution in [0.1, 0.15) is 6.42 Å². The van der Waals surface area contributed by atoms with Crippen LogP contribution in [0.3, 0.4) is 0 Å². The predicted molar refractivity (Wildman–Crippen MR) is 162 cm³/mol. The number of hydrogen-bond acceptors (Lipinski definition) is 7. The van der Waals surface area contributed by atoms with Crippen LogP contribution in [0, 0.1) is 0 Å². The van der Waals surface area contributed by atoms with Crippen LogP contribution in [0.25, 0.3) is 34.0 Å². The van der Waals surface area contributed by atoms with Crippen LogP contribution in [-0.4, -0.2) is 48.6 Å². The number of sulfonamides is 1. The van der Waals surface area contributed by atoms with Crippen LogP contribution in [0.2, 0.25) is 10.0 Å². The number of methoxy groups -OCH3 is 1. The number of aromatic nitrogens is 4. The van der Waals surface area contributed by atoms with E-state index in [9.17, 15) is 8.42 Å². The van der Waals surface area contributed by atoms with Crippen molar-refractivity contribution in [3.63, 3.8) is 0 Å². The SMILES string of the molecule is COc1cc(-c2nc(-c3ccccc3)[nH]c2-c2ccnc(NCCCNS(=O)(=O)c3ccc(Cl)cc3)n2)ccc1Cl. The highest BCUT2D eigenvalue weighted by Crippen LogP contribution is 2.36. The highest BCUT2D eigenvalue weighted by molar-refractivity contribution is 7.89. The summed E-state index contributed by atoms with van der Waals surface area (Å²) in [6.07, 6.45) is 2.17. The van der Waals surface area contributed by atoms with Gasteiger partial charge in [0, 0.05) is 35.4 Å². The molecule has 0 aliphatic rings. The number of aromatic amines is 1. The zero-order valence-corrected chi connectivity index (χ0v) is 24.3. The number of halogens is 2. The molecular formula is C29H26Cl2N6O3S. The third-order valence-corrected chi connectivity index (χ3v) is 8.18. The van der Waals surface area contributed by atoms with Crippen molar-refractivity contribution in [2.45, 2.75) is 11.3 Å². The van der Waals surface area contributed by atoms with Gasteiger partial charge in [0.2, 0.25) is 16.0 Å². The Morgan fingerprint density at radius 1 is 0.902 bits per heavy atom. The third kappa shape index (κ3) is 6.86. The number of ether oxygens (including phenoxy) is 1. The average molecular weight is 610 g/mol. The van der Waals surface area contributed by atoms with Gasteiger partial charge in [0.15, 0.2) is 0 Å². The van der Waals surface area contributed by atoms with E-state index in [1.54, 1.807) is 37.6 Å². The summed E-state index contributed by atoms with van der Waals surface area (Å²) < 4.78 is 32.9. The number of rotatable bonds is 11. The van der Waals surface area contributed by atoms with E-state index in [0.717, 1.165) is 11.1 Å². The fraction of sp³-hybridized carbons (Fsp3) is 0.138. The maximum Gasteiger partial charge on any atom is 0.240 e. The standard InChI is InChI=1S/C29H26Cl2N6O3S/c1-40-25-18-20(8-13-23(25)31)26-27(37-28(36-26)19-6-3-2-4-7-19)24-14-17-33-29(35-24)32-15-5-16-34-41(38,39)22-11-9-21(30)10-12-22/h2-4,6-14,17-18,34H,5,15-16H2,1H3,(H,36,37)(H,32,33,35). The predicted octanol–water partition coefficient (Wildman–Crippen LogP) is 6.30. The molecule has 3 N–H and O–H groups in total. The monoisotopic (exact) mass is 608 g/mol. The van der Waals surface area contributed by atoms with Gasteiger partial charge in [-0.05, 0) is 48.9 Å². The first-order valence-corrected chi connectivity index (χ1v) is 14.9. The largest absolute Gasteiger partial charge is 0.495 e. The number of imidazole rings is 1. The fourth-order valence-electron chi connectivity index (χ4n) is 4.08. The maximum atomic E-state index is 12.5. The van der Waals surface area contributed by atoms with Gasteiger partial charge in [0.05, 0.1) is 34.1 Å². The molecule has 2 heterocycles. The number of nitrogens with one attached hydrogen (secondary N) is 3. The van der Waals surface area contributed by atoms with Crippen molar-refractivity contribution >= 4 is 39.2 Å². The van der Waals surface area contributed by atoms with Crippen molar-refractivity contribution in [3.8, 4) is 39.8 Å². The lowest BCUT2D eigenvalue weighted by molar-refractivity contribution is 0.415. The smallest absolute Gasteiger partial charge is 0.240 e. The minimum atomic E-state index is -3.62. The molecule has 2 aromatic heterocycles. The zero-order chi connectivity index (χ0) is 28.8. The summed E-state index contributed by atoms with van der Waals surface area (Å²) in [4.78, 5) is 17.5. The van der Waals surface area contributed by atoms with E-state index in [4.69, 9.17) is 37.9 Å².